The molecular weight excluding hydrogens is 101 g/mol. The molecule has 0 spiro atoms. The SMILES string of the molecule is O=C1C=NC1Cl. The van der Waals surface area contributed by atoms with Gasteiger partial charge in [0.15, 0.2) is 5.50 Å². The molecule has 1 heterocycles. The number of carbonyl (C=O) groups excluding carboxylic acids is 1. The fourth-order valence-corrected chi connectivity index (χ4v) is 0.304. The van der Waals surface area contributed by atoms with E-state index in [1.54, 1.807) is 0 Å². The average Bonchev–Trinajstić information content (AvgIpc) is 1.61. The number of hydrogen-bond acceptors (Lipinski definition) is 2. The molecule has 0 bridgehead atoms. The molecule has 0 aromatic carbocycles. The van der Waals surface area contributed by atoms with Gasteiger partial charge in [-0.3, -0.25) is 9.79 Å². The van der Waals surface area contributed by atoms with Gasteiger partial charge in [-0.2, -0.15) is 0 Å². The van der Waals surface area contributed by atoms with E-state index >= 15 is 0 Å². The van der Waals surface area contributed by atoms with Gasteiger partial charge in [-0.15, -0.1) is 0 Å². The Morgan fingerprint density at radius 3 is 2.50 bits per heavy atom. The second-order valence-corrected chi connectivity index (χ2v) is 1.43. The summed E-state index contributed by atoms with van der Waals surface area (Å²) in [6.07, 6.45) is 1.22. The summed E-state index contributed by atoms with van der Waals surface area (Å²) in [5.74, 6) is -0.0864. The standard InChI is InChI=1S/C3H2ClNO/c4-3-2(6)1-5-3/h1,3H. The van der Waals surface area contributed by atoms with Crippen molar-refractivity contribution in [2.75, 3.05) is 0 Å². The lowest BCUT2D eigenvalue weighted by atomic mass is 10.3. The normalized spacial score (nSPS) is 30.2. The highest BCUT2D eigenvalue weighted by molar-refractivity contribution is 6.49. The predicted molar refractivity (Wildman–Crippen MR) is 23.1 cm³/mol. The molecule has 1 aliphatic rings. The van der Waals surface area contributed by atoms with Crippen LogP contribution in [0.4, 0.5) is 0 Å². The van der Waals surface area contributed by atoms with Crippen LogP contribution < -0.4 is 0 Å². The molecule has 0 aliphatic carbocycles. The van der Waals surface area contributed by atoms with E-state index in [0.29, 0.717) is 0 Å². The Balaban J connectivity index is 2.67. The fourth-order valence-electron chi connectivity index (χ4n) is 0.192. The van der Waals surface area contributed by atoms with Crippen LogP contribution in [0.3, 0.4) is 0 Å². The van der Waals surface area contributed by atoms with Crippen molar-refractivity contribution in [2.45, 2.75) is 5.50 Å². The summed E-state index contributed by atoms with van der Waals surface area (Å²) in [6, 6.07) is 0. The lowest BCUT2D eigenvalue weighted by molar-refractivity contribution is -0.113. The first-order chi connectivity index (χ1) is 2.80. The molecule has 3 heteroatoms. The number of halogens is 1. The van der Waals surface area contributed by atoms with Gasteiger partial charge >= 0.3 is 0 Å². The zero-order chi connectivity index (χ0) is 4.57. The van der Waals surface area contributed by atoms with Gasteiger partial charge in [-0.05, 0) is 0 Å². The minimum atomic E-state index is -0.565. The van der Waals surface area contributed by atoms with E-state index in [1.807, 2.05) is 0 Å². The van der Waals surface area contributed by atoms with E-state index in [0.717, 1.165) is 0 Å². The van der Waals surface area contributed by atoms with E-state index in [2.05, 4.69) is 4.99 Å². The van der Waals surface area contributed by atoms with Crippen molar-refractivity contribution >= 4 is 23.6 Å². The van der Waals surface area contributed by atoms with E-state index < -0.39 is 5.50 Å². The van der Waals surface area contributed by atoms with Gasteiger partial charge in [0.1, 0.15) is 0 Å². The van der Waals surface area contributed by atoms with Crippen LogP contribution in [0.15, 0.2) is 4.99 Å². The zero-order valence-electron chi connectivity index (χ0n) is 2.89. The van der Waals surface area contributed by atoms with Crippen molar-refractivity contribution in [2.24, 2.45) is 4.99 Å². The van der Waals surface area contributed by atoms with Crippen LogP contribution in [0.25, 0.3) is 0 Å². The van der Waals surface area contributed by atoms with Crippen molar-refractivity contribution in [3.05, 3.63) is 0 Å². The van der Waals surface area contributed by atoms with Crippen molar-refractivity contribution < 1.29 is 4.79 Å². The van der Waals surface area contributed by atoms with E-state index in [4.69, 9.17) is 11.6 Å². The van der Waals surface area contributed by atoms with Crippen LogP contribution in [-0.2, 0) is 4.79 Å². The number of rotatable bonds is 0. The third-order valence-corrected chi connectivity index (χ3v) is 0.895. The van der Waals surface area contributed by atoms with E-state index in [-0.39, 0.29) is 5.78 Å². The molecule has 0 N–H and O–H groups in total. The van der Waals surface area contributed by atoms with Gasteiger partial charge in [0.25, 0.3) is 0 Å². The summed E-state index contributed by atoms with van der Waals surface area (Å²) >= 11 is 5.15. The molecule has 6 heavy (non-hydrogen) atoms. The lowest BCUT2D eigenvalue weighted by Crippen LogP contribution is -2.22. The number of nitrogens with zero attached hydrogens (tertiary/aromatic N) is 1. The highest BCUT2D eigenvalue weighted by Gasteiger charge is 2.17. The average molecular weight is 104 g/mol. The monoisotopic (exact) mass is 103 g/mol. The number of carbonyl (C=O) groups is 1. The van der Waals surface area contributed by atoms with Crippen LogP contribution in [0.2, 0.25) is 0 Å². The van der Waals surface area contributed by atoms with E-state index in [9.17, 15) is 4.79 Å². The van der Waals surface area contributed by atoms with Crippen molar-refractivity contribution in [3.8, 4) is 0 Å². The highest BCUT2D eigenvalue weighted by Crippen LogP contribution is 2.04. The largest absolute Gasteiger partial charge is 0.289 e. The van der Waals surface area contributed by atoms with Crippen LogP contribution in [0, 0.1) is 0 Å². The maximum absolute atomic E-state index is 9.95. The molecule has 0 aromatic heterocycles. The Morgan fingerprint density at radius 1 is 2.00 bits per heavy atom. The van der Waals surface area contributed by atoms with Crippen molar-refractivity contribution in [1.29, 1.82) is 0 Å². The Bertz CT molecular complexity index is 109. The van der Waals surface area contributed by atoms with Crippen molar-refractivity contribution in [1.82, 2.24) is 0 Å². The van der Waals surface area contributed by atoms with Gasteiger partial charge < -0.3 is 0 Å². The van der Waals surface area contributed by atoms with Gasteiger partial charge in [0.2, 0.25) is 5.78 Å². The Kier molecular flexibility index (Phi) is 0.665. The maximum Gasteiger partial charge on any atom is 0.212 e. The summed E-state index contributed by atoms with van der Waals surface area (Å²) < 4.78 is 0. The first-order valence-electron chi connectivity index (χ1n) is 1.52. The van der Waals surface area contributed by atoms with Gasteiger partial charge in [-0.1, -0.05) is 11.6 Å². The molecule has 0 fully saturated rings. The molecule has 1 rings (SSSR count). The van der Waals surface area contributed by atoms with Crippen LogP contribution in [-0.4, -0.2) is 17.5 Å². The molecule has 0 radical (unpaired) electrons. The second-order valence-electron chi connectivity index (χ2n) is 1.02. The van der Waals surface area contributed by atoms with Crippen LogP contribution >= 0.6 is 11.6 Å². The minimum absolute atomic E-state index is 0.0864. The second kappa shape index (κ2) is 1.05. The molecule has 0 saturated heterocycles. The minimum Gasteiger partial charge on any atom is -0.289 e. The molecular formula is C3H2ClNO. The zero-order valence-corrected chi connectivity index (χ0v) is 3.64. The summed E-state index contributed by atoms with van der Waals surface area (Å²) in [7, 11) is 0. The maximum atomic E-state index is 9.95. The summed E-state index contributed by atoms with van der Waals surface area (Å²) in [5.41, 5.74) is -0.565. The number of hydrogen-bond donors (Lipinski definition) is 0. The smallest absolute Gasteiger partial charge is 0.212 e. The molecule has 1 aliphatic heterocycles. The van der Waals surface area contributed by atoms with Crippen molar-refractivity contribution in [3.63, 3.8) is 0 Å². The molecule has 1 atom stereocenters. The molecule has 0 saturated carbocycles. The predicted octanol–water partition coefficient (Wildman–Crippen LogP) is 0.205. The quantitative estimate of drug-likeness (QED) is 0.318. The van der Waals surface area contributed by atoms with Gasteiger partial charge in [0, 0.05) is 0 Å². The first-order valence-corrected chi connectivity index (χ1v) is 1.95. The number of aliphatic imine (C=N–C) groups is 1. The fraction of sp³-hybridized carbons (Fsp3) is 0.333. The molecule has 32 valence electrons. The molecule has 0 amide bonds. The van der Waals surface area contributed by atoms with Crippen LogP contribution in [0.1, 0.15) is 0 Å². The third kappa shape index (κ3) is 0.337. The van der Waals surface area contributed by atoms with Gasteiger partial charge in [0.05, 0.1) is 6.21 Å². The van der Waals surface area contributed by atoms with Crippen LogP contribution in [0.5, 0.6) is 0 Å². The Hall–Kier alpha value is -0.370. The third-order valence-electron chi connectivity index (χ3n) is 0.567. The topological polar surface area (TPSA) is 29.4 Å². The summed E-state index contributed by atoms with van der Waals surface area (Å²) in [4.78, 5) is 13.4. The first kappa shape index (κ1) is 3.81. The number of ketones is 1. The molecule has 0 aromatic rings. The number of alkyl halides is 1. The summed E-state index contributed by atoms with van der Waals surface area (Å²) in [5, 5.41) is 0. The number of Topliss-reactive ketones (excluding diaryl/α,β-unsaturated/α-hetero) is 1. The summed E-state index contributed by atoms with van der Waals surface area (Å²) in [6.45, 7) is 0. The van der Waals surface area contributed by atoms with E-state index in [1.165, 1.54) is 6.21 Å². The highest BCUT2D eigenvalue weighted by atomic mass is 35.5. The lowest BCUT2D eigenvalue weighted by Gasteiger charge is -2.03. The molecule has 1 unspecified atom stereocenters. The Labute approximate surface area is 39.8 Å². The molecule has 2 nitrogen and oxygen atoms in total. The Morgan fingerprint density at radius 2 is 2.50 bits per heavy atom. The van der Waals surface area contributed by atoms with Gasteiger partial charge in [-0.25, -0.2) is 0 Å².